The quantitative estimate of drug-likeness (QED) is 0.865. The van der Waals surface area contributed by atoms with E-state index in [1.54, 1.807) is 0 Å². The van der Waals surface area contributed by atoms with Crippen LogP contribution in [0.5, 0.6) is 11.5 Å². The average molecular weight is 345 g/mol. The molecular weight excluding hydrogens is 328 g/mol. The van der Waals surface area contributed by atoms with E-state index >= 15 is 0 Å². The summed E-state index contributed by atoms with van der Waals surface area (Å²) >= 11 is 6.08. The molecule has 0 atom stereocenters. The number of methoxy groups -OCH3 is 1. The predicted molar refractivity (Wildman–Crippen MR) is 92.7 cm³/mol. The van der Waals surface area contributed by atoms with Crippen molar-refractivity contribution < 1.29 is 14.3 Å². The SMILES string of the molecule is CCc1ccc(NC(=O)COc2c(Cl)cc(C#N)cc2OC)cc1. The number of benzene rings is 2. The highest BCUT2D eigenvalue weighted by Gasteiger charge is 2.14. The lowest BCUT2D eigenvalue weighted by Crippen LogP contribution is -2.20. The zero-order valence-corrected chi connectivity index (χ0v) is 14.2. The van der Waals surface area contributed by atoms with E-state index in [1.165, 1.54) is 24.8 Å². The van der Waals surface area contributed by atoms with Gasteiger partial charge in [0, 0.05) is 11.8 Å². The van der Waals surface area contributed by atoms with E-state index in [2.05, 4.69) is 12.2 Å². The number of hydrogen-bond acceptors (Lipinski definition) is 4. The molecule has 0 saturated heterocycles. The van der Waals surface area contributed by atoms with Gasteiger partial charge in [-0.3, -0.25) is 4.79 Å². The summed E-state index contributed by atoms with van der Waals surface area (Å²) in [5.74, 6) is 0.218. The number of nitrogens with zero attached hydrogens (tertiary/aromatic N) is 1. The zero-order chi connectivity index (χ0) is 17.5. The molecule has 0 aliphatic carbocycles. The van der Waals surface area contributed by atoms with Gasteiger partial charge in [-0.25, -0.2) is 0 Å². The summed E-state index contributed by atoms with van der Waals surface area (Å²) in [5.41, 5.74) is 2.24. The van der Waals surface area contributed by atoms with E-state index in [9.17, 15) is 4.79 Å². The Labute approximate surface area is 145 Å². The molecular formula is C18H17ClN2O3. The standard InChI is InChI=1S/C18H17ClN2O3/c1-3-12-4-6-14(7-5-12)21-17(22)11-24-18-15(19)8-13(10-20)9-16(18)23-2/h4-9H,3,11H2,1-2H3,(H,21,22). The van der Waals surface area contributed by atoms with E-state index in [1.807, 2.05) is 30.3 Å². The molecule has 6 heteroatoms. The fourth-order valence-corrected chi connectivity index (χ4v) is 2.35. The summed E-state index contributed by atoms with van der Waals surface area (Å²) in [5, 5.41) is 11.9. The van der Waals surface area contributed by atoms with Crippen molar-refractivity contribution in [3.8, 4) is 17.6 Å². The molecule has 0 saturated carbocycles. The molecule has 2 aromatic carbocycles. The summed E-state index contributed by atoms with van der Waals surface area (Å²) in [4.78, 5) is 12.0. The van der Waals surface area contributed by atoms with Crippen molar-refractivity contribution >= 4 is 23.2 Å². The Morgan fingerprint density at radius 2 is 2.00 bits per heavy atom. The second-order valence-electron chi connectivity index (χ2n) is 4.99. The van der Waals surface area contributed by atoms with Gasteiger partial charge in [0.1, 0.15) is 0 Å². The van der Waals surface area contributed by atoms with Crippen molar-refractivity contribution in [2.24, 2.45) is 0 Å². The van der Waals surface area contributed by atoms with Crippen molar-refractivity contribution in [1.82, 2.24) is 0 Å². The molecule has 0 bridgehead atoms. The summed E-state index contributed by atoms with van der Waals surface area (Å²) in [6, 6.07) is 12.5. The first kappa shape index (κ1) is 17.6. The number of carbonyl (C=O) groups excluding carboxylic acids is 1. The fraction of sp³-hybridized carbons (Fsp3) is 0.222. The van der Waals surface area contributed by atoms with Crippen LogP contribution in [-0.2, 0) is 11.2 Å². The molecule has 0 aliphatic rings. The van der Waals surface area contributed by atoms with Crippen LogP contribution in [0.3, 0.4) is 0 Å². The minimum atomic E-state index is -0.318. The molecule has 0 fully saturated rings. The monoisotopic (exact) mass is 344 g/mol. The van der Waals surface area contributed by atoms with E-state index in [0.717, 1.165) is 6.42 Å². The van der Waals surface area contributed by atoms with Crippen LogP contribution in [0, 0.1) is 11.3 Å². The number of halogens is 1. The van der Waals surface area contributed by atoms with Crippen LogP contribution >= 0.6 is 11.6 Å². The number of aryl methyl sites for hydroxylation is 1. The van der Waals surface area contributed by atoms with Gasteiger partial charge in [-0.15, -0.1) is 0 Å². The van der Waals surface area contributed by atoms with Gasteiger partial charge in [0.05, 0.1) is 23.8 Å². The number of carbonyl (C=O) groups is 1. The Kier molecular flexibility index (Phi) is 6.05. The van der Waals surface area contributed by atoms with Gasteiger partial charge in [-0.2, -0.15) is 5.26 Å². The molecule has 1 amide bonds. The highest BCUT2D eigenvalue weighted by molar-refractivity contribution is 6.32. The van der Waals surface area contributed by atoms with E-state index in [4.69, 9.17) is 26.3 Å². The molecule has 2 rings (SSSR count). The van der Waals surface area contributed by atoms with E-state index in [0.29, 0.717) is 17.0 Å². The van der Waals surface area contributed by atoms with Crippen molar-refractivity contribution in [1.29, 1.82) is 5.26 Å². The largest absolute Gasteiger partial charge is 0.493 e. The molecule has 2 aromatic rings. The Balaban J connectivity index is 2.02. The molecule has 1 N–H and O–H groups in total. The molecule has 0 aliphatic heterocycles. The molecule has 0 radical (unpaired) electrons. The van der Waals surface area contributed by atoms with Gasteiger partial charge in [-0.1, -0.05) is 30.7 Å². The minimum absolute atomic E-state index is 0.214. The third kappa shape index (κ3) is 4.40. The third-order valence-corrected chi connectivity index (χ3v) is 3.63. The number of hydrogen-bond donors (Lipinski definition) is 1. The number of nitrogens with one attached hydrogen (secondary N) is 1. The Bertz CT molecular complexity index is 767. The van der Waals surface area contributed by atoms with Gasteiger partial charge in [0.15, 0.2) is 18.1 Å². The second kappa shape index (κ2) is 8.23. The van der Waals surface area contributed by atoms with Crippen LogP contribution in [0.4, 0.5) is 5.69 Å². The molecule has 0 aromatic heterocycles. The summed E-state index contributed by atoms with van der Waals surface area (Å²) in [7, 11) is 1.44. The zero-order valence-electron chi connectivity index (χ0n) is 13.4. The highest BCUT2D eigenvalue weighted by atomic mass is 35.5. The van der Waals surface area contributed by atoms with E-state index in [-0.39, 0.29) is 23.3 Å². The normalized spacial score (nSPS) is 9.92. The number of ether oxygens (including phenoxy) is 2. The smallest absolute Gasteiger partial charge is 0.262 e. The first-order valence-corrected chi connectivity index (χ1v) is 7.74. The van der Waals surface area contributed by atoms with E-state index < -0.39 is 0 Å². The predicted octanol–water partition coefficient (Wildman–Crippen LogP) is 3.80. The average Bonchev–Trinajstić information content (AvgIpc) is 2.60. The molecule has 24 heavy (non-hydrogen) atoms. The lowest BCUT2D eigenvalue weighted by molar-refractivity contribution is -0.118. The summed E-state index contributed by atoms with van der Waals surface area (Å²) < 4.78 is 10.6. The molecule has 0 spiro atoms. The number of rotatable bonds is 6. The third-order valence-electron chi connectivity index (χ3n) is 3.35. The summed E-state index contributed by atoms with van der Waals surface area (Å²) in [6.45, 7) is 1.84. The van der Waals surface area contributed by atoms with Crippen LogP contribution in [0.15, 0.2) is 36.4 Å². The molecule has 0 unspecified atom stereocenters. The van der Waals surface area contributed by atoms with Crippen LogP contribution < -0.4 is 14.8 Å². The van der Waals surface area contributed by atoms with Crippen LogP contribution in [0.25, 0.3) is 0 Å². The minimum Gasteiger partial charge on any atom is -0.493 e. The molecule has 0 heterocycles. The number of amides is 1. The van der Waals surface area contributed by atoms with Gasteiger partial charge >= 0.3 is 0 Å². The Morgan fingerprint density at radius 1 is 1.29 bits per heavy atom. The maximum absolute atomic E-state index is 12.0. The maximum Gasteiger partial charge on any atom is 0.262 e. The topological polar surface area (TPSA) is 71.3 Å². The first-order chi connectivity index (χ1) is 11.6. The number of nitriles is 1. The van der Waals surface area contributed by atoms with Crippen molar-refractivity contribution in [3.63, 3.8) is 0 Å². The number of anilines is 1. The Hall–Kier alpha value is -2.71. The summed E-state index contributed by atoms with van der Waals surface area (Å²) in [6.07, 6.45) is 0.939. The maximum atomic E-state index is 12.0. The van der Waals surface area contributed by atoms with Gasteiger partial charge in [-0.05, 0) is 30.2 Å². The molecule has 5 nitrogen and oxygen atoms in total. The van der Waals surface area contributed by atoms with Crippen molar-refractivity contribution in [2.45, 2.75) is 13.3 Å². The lowest BCUT2D eigenvalue weighted by atomic mass is 10.1. The van der Waals surface area contributed by atoms with Gasteiger partial charge < -0.3 is 14.8 Å². The van der Waals surface area contributed by atoms with Crippen LogP contribution in [0.1, 0.15) is 18.1 Å². The Morgan fingerprint density at radius 3 is 2.58 bits per heavy atom. The van der Waals surface area contributed by atoms with Crippen molar-refractivity contribution in [2.75, 3.05) is 19.0 Å². The highest BCUT2D eigenvalue weighted by Crippen LogP contribution is 2.36. The fourth-order valence-electron chi connectivity index (χ4n) is 2.08. The second-order valence-corrected chi connectivity index (χ2v) is 5.40. The molecule has 124 valence electrons. The van der Waals surface area contributed by atoms with Gasteiger partial charge in [0.2, 0.25) is 0 Å². The van der Waals surface area contributed by atoms with Gasteiger partial charge in [0.25, 0.3) is 5.91 Å². The first-order valence-electron chi connectivity index (χ1n) is 7.36. The lowest BCUT2D eigenvalue weighted by Gasteiger charge is -2.13. The van der Waals surface area contributed by atoms with Crippen LogP contribution in [0.2, 0.25) is 5.02 Å². The van der Waals surface area contributed by atoms with Crippen LogP contribution in [-0.4, -0.2) is 19.6 Å². The van der Waals surface area contributed by atoms with Crippen molar-refractivity contribution in [3.05, 3.63) is 52.5 Å².